The molecular formula is C21H18ClF2N5O3S. The zero-order valence-electron chi connectivity index (χ0n) is 17.4. The minimum absolute atomic E-state index is 0.0438. The van der Waals surface area contributed by atoms with Crippen LogP contribution < -0.4 is 14.8 Å². The maximum Gasteiger partial charge on any atom is 0.267 e. The van der Waals surface area contributed by atoms with Crippen molar-refractivity contribution in [3.8, 4) is 5.88 Å². The smallest absolute Gasteiger partial charge is 0.267 e. The third-order valence-corrected chi connectivity index (χ3v) is 6.42. The molecule has 1 aromatic carbocycles. The number of benzene rings is 1. The molecule has 0 saturated heterocycles. The van der Waals surface area contributed by atoms with Crippen LogP contribution >= 0.6 is 11.6 Å². The molecular weight excluding hydrogens is 476 g/mol. The average Bonchev–Trinajstić information content (AvgIpc) is 3.23. The number of anilines is 2. The zero-order valence-corrected chi connectivity index (χ0v) is 18.9. The van der Waals surface area contributed by atoms with E-state index in [1.807, 2.05) is 6.07 Å². The molecule has 0 spiro atoms. The number of aromatic amines is 1. The monoisotopic (exact) mass is 493 g/mol. The van der Waals surface area contributed by atoms with E-state index in [-0.39, 0.29) is 21.4 Å². The highest BCUT2D eigenvalue weighted by atomic mass is 35.5. The fourth-order valence-corrected chi connectivity index (χ4v) is 4.77. The van der Waals surface area contributed by atoms with Crippen LogP contribution in [0.25, 0.3) is 11.0 Å². The fraction of sp³-hybridized carbons (Fsp3) is 0.143. The van der Waals surface area contributed by atoms with Crippen molar-refractivity contribution < 1.29 is 21.9 Å². The van der Waals surface area contributed by atoms with E-state index in [1.165, 1.54) is 19.5 Å². The highest BCUT2D eigenvalue weighted by molar-refractivity contribution is 7.92. The number of aromatic nitrogens is 3. The molecule has 0 saturated carbocycles. The Kier molecular flexibility index (Phi) is 6.09. The van der Waals surface area contributed by atoms with Crippen molar-refractivity contribution in [1.29, 1.82) is 0 Å². The van der Waals surface area contributed by atoms with Gasteiger partial charge in [-0.1, -0.05) is 11.6 Å². The first-order valence-corrected chi connectivity index (χ1v) is 11.5. The molecule has 8 nitrogen and oxygen atoms in total. The Bertz CT molecular complexity index is 1450. The lowest BCUT2D eigenvalue weighted by Crippen LogP contribution is -2.18. The first-order valence-electron chi connectivity index (χ1n) is 9.59. The lowest BCUT2D eigenvalue weighted by atomic mass is 10.1. The number of rotatable bonds is 7. The topological polar surface area (TPSA) is 109 Å². The molecule has 3 N–H and O–H groups in total. The number of halogens is 3. The number of hydrogen-bond acceptors (Lipinski definition) is 6. The molecule has 0 aliphatic heterocycles. The van der Waals surface area contributed by atoms with Crippen molar-refractivity contribution >= 4 is 44.0 Å². The predicted molar refractivity (Wildman–Crippen MR) is 121 cm³/mol. The lowest BCUT2D eigenvalue weighted by molar-refractivity contribution is 0.385. The number of H-pyrrole nitrogens is 1. The SMILES string of the molecule is COc1ncc(Cl)cc1S(=O)(=O)Nc1ccc(F)c(C(C)Nc2cnc3[nH]ccc3c2)c1F. The summed E-state index contributed by atoms with van der Waals surface area (Å²) in [6, 6.07) is 5.83. The van der Waals surface area contributed by atoms with Crippen molar-refractivity contribution in [2.24, 2.45) is 0 Å². The van der Waals surface area contributed by atoms with Gasteiger partial charge in [0.1, 0.15) is 11.5 Å². The number of hydrogen-bond donors (Lipinski definition) is 3. The Morgan fingerprint density at radius 3 is 2.70 bits per heavy atom. The molecule has 0 radical (unpaired) electrons. The summed E-state index contributed by atoms with van der Waals surface area (Å²) in [4.78, 5) is 10.6. The summed E-state index contributed by atoms with van der Waals surface area (Å²) in [6.45, 7) is 1.55. The quantitative estimate of drug-likeness (QED) is 0.339. The zero-order chi connectivity index (χ0) is 23.8. The minimum atomic E-state index is -4.35. The van der Waals surface area contributed by atoms with Crippen molar-refractivity contribution in [3.63, 3.8) is 0 Å². The second kappa shape index (κ2) is 8.83. The largest absolute Gasteiger partial charge is 0.480 e. The molecule has 3 aromatic heterocycles. The number of sulfonamides is 1. The van der Waals surface area contributed by atoms with Gasteiger partial charge in [0, 0.05) is 23.3 Å². The summed E-state index contributed by atoms with van der Waals surface area (Å²) in [6.07, 6.45) is 4.46. The van der Waals surface area contributed by atoms with Gasteiger partial charge in [-0.2, -0.15) is 0 Å². The maximum absolute atomic E-state index is 15.3. The maximum atomic E-state index is 15.3. The van der Waals surface area contributed by atoms with E-state index in [9.17, 15) is 12.8 Å². The van der Waals surface area contributed by atoms with E-state index in [0.717, 1.165) is 23.6 Å². The van der Waals surface area contributed by atoms with Crippen molar-refractivity contribution in [1.82, 2.24) is 15.0 Å². The number of fused-ring (bicyclic) bond motifs is 1. The van der Waals surface area contributed by atoms with Crippen molar-refractivity contribution in [2.45, 2.75) is 17.9 Å². The van der Waals surface area contributed by atoms with Gasteiger partial charge in [0.2, 0.25) is 5.88 Å². The molecule has 1 atom stereocenters. The van der Waals surface area contributed by atoms with Crippen LogP contribution in [0.5, 0.6) is 5.88 Å². The summed E-state index contributed by atoms with van der Waals surface area (Å²) in [7, 11) is -3.12. The molecule has 12 heteroatoms. The summed E-state index contributed by atoms with van der Waals surface area (Å²) in [5, 5.41) is 3.85. The number of pyridine rings is 2. The van der Waals surface area contributed by atoms with E-state index in [4.69, 9.17) is 16.3 Å². The van der Waals surface area contributed by atoms with Gasteiger partial charge in [0.05, 0.1) is 35.7 Å². The lowest BCUT2D eigenvalue weighted by Gasteiger charge is -2.19. The Hall–Kier alpha value is -3.44. The van der Waals surface area contributed by atoms with Crippen LogP contribution in [0.2, 0.25) is 5.02 Å². The average molecular weight is 494 g/mol. The number of nitrogens with one attached hydrogen (secondary N) is 3. The van der Waals surface area contributed by atoms with Crippen LogP contribution in [0.1, 0.15) is 18.5 Å². The van der Waals surface area contributed by atoms with E-state index >= 15 is 4.39 Å². The normalized spacial score (nSPS) is 12.5. The van der Waals surface area contributed by atoms with Crippen LogP contribution in [0.15, 0.2) is 53.8 Å². The van der Waals surface area contributed by atoms with Crippen LogP contribution in [-0.2, 0) is 10.0 Å². The van der Waals surface area contributed by atoms with Gasteiger partial charge in [0.15, 0.2) is 10.7 Å². The first kappa shape index (κ1) is 22.7. The Balaban J connectivity index is 1.65. The molecule has 0 aliphatic rings. The molecule has 0 bridgehead atoms. The van der Waals surface area contributed by atoms with Gasteiger partial charge in [-0.05, 0) is 37.3 Å². The van der Waals surface area contributed by atoms with E-state index in [1.54, 1.807) is 19.2 Å². The highest BCUT2D eigenvalue weighted by Crippen LogP contribution is 2.32. The molecule has 4 rings (SSSR count). The van der Waals surface area contributed by atoms with Crippen LogP contribution in [-0.4, -0.2) is 30.5 Å². The van der Waals surface area contributed by atoms with Gasteiger partial charge in [-0.25, -0.2) is 27.2 Å². The third kappa shape index (κ3) is 4.55. The summed E-state index contributed by atoms with van der Waals surface area (Å²) < 4.78 is 62.7. The number of ether oxygens (including phenoxy) is 1. The van der Waals surface area contributed by atoms with E-state index in [2.05, 4.69) is 25.0 Å². The second-order valence-electron chi connectivity index (χ2n) is 7.09. The Morgan fingerprint density at radius 1 is 1.15 bits per heavy atom. The van der Waals surface area contributed by atoms with Gasteiger partial charge in [-0.3, -0.25) is 4.72 Å². The number of nitrogens with zero attached hydrogens (tertiary/aromatic N) is 2. The predicted octanol–water partition coefficient (Wildman–Crippen LogP) is 4.87. The molecule has 3 heterocycles. The molecule has 172 valence electrons. The summed E-state index contributed by atoms with van der Waals surface area (Å²) in [5.74, 6) is -2.13. The van der Waals surface area contributed by atoms with Gasteiger partial charge in [0.25, 0.3) is 10.0 Å². The van der Waals surface area contributed by atoms with Crippen LogP contribution in [0.3, 0.4) is 0 Å². The fourth-order valence-electron chi connectivity index (χ4n) is 3.34. The first-order chi connectivity index (χ1) is 15.7. The molecule has 1 unspecified atom stereocenters. The third-order valence-electron chi connectivity index (χ3n) is 4.85. The molecule has 4 aromatic rings. The van der Waals surface area contributed by atoms with Crippen LogP contribution in [0.4, 0.5) is 20.2 Å². The van der Waals surface area contributed by atoms with Crippen LogP contribution in [0, 0.1) is 11.6 Å². The standard InChI is InChI=1S/C21H18ClF2N5O3S/c1-11(28-14-7-12-5-6-25-20(12)26-10-14)18-15(23)3-4-16(19(18)24)29-33(30,31)17-8-13(22)9-27-21(17)32-2/h3-11,28-29H,1-2H3,(H,25,26). The highest BCUT2D eigenvalue weighted by Gasteiger charge is 2.26. The van der Waals surface area contributed by atoms with E-state index in [0.29, 0.717) is 11.3 Å². The van der Waals surface area contributed by atoms with Crippen molar-refractivity contribution in [3.05, 3.63) is 71.1 Å². The minimum Gasteiger partial charge on any atom is -0.480 e. The van der Waals surface area contributed by atoms with Gasteiger partial charge >= 0.3 is 0 Å². The van der Waals surface area contributed by atoms with E-state index < -0.39 is 33.4 Å². The Morgan fingerprint density at radius 2 is 1.94 bits per heavy atom. The molecule has 0 amide bonds. The van der Waals surface area contributed by atoms with Crippen molar-refractivity contribution in [2.75, 3.05) is 17.1 Å². The number of methoxy groups -OCH3 is 1. The summed E-state index contributed by atoms with van der Waals surface area (Å²) in [5.41, 5.74) is 0.420. The summed E-state index contributed by atoms with van der Waals surface area (Å²) >= 11 is 5.86. The molecule has 0 fully saturated rings. The Labute approximate surface area is 193 Å². The second-order valence-corrected chi connectivity index (χ2v) is 9.18. The van der Waals surface area contributed by atoms with Gasteiger partial charge < -0.3 is 15.0 Å². The molecule has 33 heavy (non-hydrogen) atoms. The molecule has 0 aliphatic carbocycles. The van der Waals surface area contributed by atoms with Gasteiger partial charge in [-0.15, -0.1) is 0 Å².